The number of benzene rings is 2. The minimum atomic E-state index is -1.31. The fraction of sp³-hybridized carbons (Fsp3) is 0.423. The molecule has 2 unspecified atom stereocenters. The average molecular weight is 470 g/mol. The van der Waals surface area contributed by atoms with Gasteiger partial charge in [0, 0.05) is 0 Å². The number of carbonyl (C=O) groups is 3. The van der Waals surface area contributed by atoms with Gasteiger partial charge in [0.05, 0.1) is 5.25 Å². The number of nitrogens with one attached hydrogen (secondary N) is 1. The Morgan fingerprint density at radius 3 is 2.12 bits per heavy atom. The quantitative estimate of drug-likeness (QED) is 0.474. The summed E-state index contributed by atoms with van der Waals surface area (Å²) in [6.07, 6.45) is 3.03. The van der Waals surface area contributed by atoms with Crippen LogP contribution in [0.2, 0.25) is 0 Å². The van der Waals surface area contributed by atoms with E-state index in [4.69, 9.17) is 0 Å². The van der Waals surface area contributed by atoms with Crippen LogP contribution in [0.25, 0.3) is 0 Å². The summed E-state index contributed by atoms with van der Waals surface area (Å²) >= 11 is 1.07. The molecule has 0 heterocycles. The first-order valence-corrected chi connectivity index (χ1v) is 12.3. The summed E-state index contributed by atoms with van der Waals surface area (Å²) in [7, 11) is 0. The molecule has 7 heteroatoms. The molecular formula is C26H31NO5S. The molecular weight excluding hydrogens is 438 g/mol. The minimum absolute atomic E-state index is 0.275. The number of aryl methyl sites for hydroxylation is 1. The van der Waals surface area contributed by atoms with Crippen LogP contribution in [0.4, 0.5) is 0 Å². The highest BCUT2D eigenvalue weighted by molar-refractivity contribution is 8.01. The third-order valence-electron chi connectivity index (χ3n) is 6.43. The molecule has 6 nitrogen and oxygen atoms in total. The van der Waals surface area contributed by atoms with Crippen LogP contribution in [0.3, 0.4) is 0 Å². The van der Waals surface area contributed by atoms with Crippen molar-refractivity contribution in [2.24, 2.45) is 0 Å². The molecule has 2 aromatic rings. The van der Waals surface area contributed by atoms with Crippen molar-refractivity contribution in [2.75, 3.05) is 0 Å². The van der Waals surface area contributed by atoms with E-state index >= 15 is 0 Å². The Morgan fingerprint density at radius 2 is 1.58 bits per heavy atom. The molecule has 0 aliphatic heterocycles. The van der Waals surface area contributed by atoms with E-state index in [0.29, 0.717) is 38.5 Å². The number of carboxylic acid groups (broad SMARTS) is 2. The summed E-state index contributed by atoms with van der Waals surface area (Å²) in [5.41, 5.74) is 0.927. The first-order chi connectivity index (χ1) is 15.8. The van der Waals surface area contributed by atoms with Crippen molar-refractivity contribution in [1.29, 1.82) is 0 Å². The van der Waals surface area contributed by atoms with Gasteiger partial charge in [0.1, 0.15) is 10.8 Å². The molecule has 0 bridgehead atoms. The summed E-state index contributed by atoms with van der Waals surface area (Å²) in [5, 5.41) is 20.9. The van der Waals surface area contributed by atoms with Crippen molar-refractivity contribution in [3.63, 3.8) is 0 Å². The molecule has 176 valence electrons. The Bertz CT molecular complexity index is 942. The van der Waals surface area contributed by atoms with Crippen LogP contribution < -0.4 is 5.32 Å². The third-order valence-corrected chi connectivity index (χ3v) is 7.82. The Morgan fingerprint density at radius 1 is 1.00 bits per heavy atom. The van der Waals surface area contributed by atoms with Crippen molar-refractivity contribution in [3.8, 4) is 0 Å². The minimum Gasteiger partial charge on any atom is -0.480 e. The maximum absolute atomic E-state index is 12.9. The lowest BCUT2D eigenvalue weighted by atomic mass is 9.74. The number of hydrogen-bond acceptors (Lipinski definition) is 4. The molecule has 0 spiro atoms. The third kappa shape index (κ3) is 6.60. The largest absolute Gasteiger partial charge is 0.480 e. The lowest BCUT2D eigenvalue weighted by Crippen LogP contribution is -2.57. The van der Waals surface area contributed by atoms with E-state index in [9.17, 15) is 24.6 Å². The van der Waals surface area contributed by atoms with E-state index < -0.39 is 33.9 Å². The van der Waals surface area contributed by atoms with Crippen LogP contribution in [-0.4, -0.2) is 44.1 Å². The van der Waals surface area contributed by atoms with Gasteiger partial charge in [-0.15, -0.1) is 11.8 Å². The van der Waals surface area contributed by atoms with Crippen LogP contribution in [0.5, 0.6) is 0 Å². The highest BCUT2D eigenvalue weighted by Crippen LogP contribution is 2.38. The van der Waals surface area contributed by atoms with Crippen molar-refractivity contribution < 1.29 is 24.6 Å². The van der Waals surface area contributed by atoms with Gasteiger partial charge in [0.2, 0.25) is 5.91 Å². The molecule has 33 heavy (non-hydrogen) atoms. The van der Waals surface area contributed by atoms with E-state index in [-0.39, 0.29) is 5.92 Å². The number of amides is 1. The van der Waals surface area contributed by atoms with E-state index in [1.54, 1.807) is 6.92 Å². The highest BCUT2D eigenvalue weighted by Gasteiger charge is 2.44. The molecule has 2 atom stereocenters. The van der Waals surface area contributed by atoms with Gasteiger partial charge in [-0.1, -0.05) is 60.7 Å². The second-order valence-corrected chi connectivity index (χ2v) is 10.2. The van der Waals surface area contributed by atoms with Crippen LogP contribution >= 0.6 is 11.8 Å². The van der Waals surface area contributed by atoms with Gasteiger partial charge in [0.15, 0.2) is 0 Å². The van der Waals surface area contributed by atoms with Crippen LogP contribution in [0.15, 0.2) is 60.7 Å². The van der Waals surface area contributed by atoms with Gasteiger partial charge in [-0.2, -0.15) is 0 Å². The lowest BCUT2D eigenvalue weighted by Gasteiger charge is -2.38. The maximum Gasteiger partial charge on any atom is 0.329 e. The molecule has 1 aliphatic carbocycles. The number of rotatable bonds is 10. The molecule has 1 saturated carbocycles. The van der Waals surface area contributed by atoms with E-state index in [1.807, 2.05) is 48.5 Å². The van der Waals surface area contributed by atoms with Crippen LogP contribution in [-0.2, 0) is 20.8 Å². The fourth-order valence-corrected chi connectivity index (χ4v) is 5.44. The first kappa shape index (κ1) is 24.8. The van der Waals surface area contributed by atoms with Gasteiger partial charge >= 0.3 is 11.9 Å². The summed E-state index contributed by atoms with van der Waals surface area (Å²) in [5.74, 6) is -2.14. The zero-order valence-corrected chi connectivity index (χ0v) is 19.6. The number of hydrogen-bond donors (Lipinski definition) is 3. The van der Waals surface area contributed by atoms with Crippen molar-refractivity contribution in [3.05, 3.63) is 71.8 Å². The normalized spacial score (nSPS) is 22.2. The van der Waals surface area contributed by atoms with Crippen LogP contribution in [0, 0.1) is 0 Å². The Labute approximate surface area is 198 Å². The second-order valence-electron chi connectivity index (χ2n) is 8.69. The molecule has 1 aliphatic rings. The topological polar surface area (TPSA) is 104 Å². The standard InChI is InChI=1S/C26H31NO5S/c1-18(33-22(24(29)30)13-12-19-8-4-2-5-9-19)23(28)27-26(25(31)32)16-14-21(15-17-26)20-10-6-3-7-11-20/h2-11,18,21-22H,12-17H2,1H3,(H,27,28)(H,29,30)(H,31,32). The van der Waals surface area contributed by atoms with Gasteiger partial charge in [0.25, 0.3) is 0 Å². The first-order valence-electron chi connectivity index (χ1n) is 11.3. The average Bonchev–Trinajstić information content (AvgIpc) is 2.83. The summed E-state index contributed by atoms with van der Waals surface area (Å²) in [6, 6.07) is 19.6. The van der Waals surface area contributed by atoms with Crippen LogP contribution in [0.1, 0.15) is 56.1 Å². The Hall–Kier alpha value is -2.80. The van der Waals surface area contributed by atoms with Crippen molar-refractivity contribution >= 4 is 29.6 Å². The molecule has 1 amide bonds. The predicted octanol–water partition coefficient (Wildman–Crippen LogP) is 4.49. The molecule has 0 radical (unpaired) electrons. The Kier molecular flexibility index (Phi) is 8.55. The summed E-state index contributed by atoms with van der Waals surface area (Å²) in [6.45, 7) is 1.64. The predicted molar refractivity (Wildman–Crippen MR) is 129 cm³/mol. The van der Waals surface area contributed by atoms with E-state index in [0.717, 1.165) is 17.3 Å². The lowest BCUT2D eigenvalue weighted by molar-refractivity contribution is -0.149. The number of aliphatic carboxylic acids is 2. The number of carboxylic acids is 2. The smallest absolute Gasteiger partial charge is 0.329 e. The van der Waals surface area contributed by atoms with Gasteiger partial charge < -0.3 is 15.5 Å². The molecule has 0 saturated heterocycles. The fourth-order valence-electron chi connectivity index (χ4n) is 4.40. The number of carbonyl (C=O) groups excluding carboxylic acids is 1. The van der Waals surface area contributed by atoms with Crippen molar-refractivity contribution in [1.82, 2.24) is 5.32 Å². The molecule has 3 rings (SSSR count). The molecule has 3 N–H and O–H groups in total. The zero-order valence-electron chi connectivity index (χ0n) is 18.8. The summed E-state index contributed by atoms with van der Waals surface area (Å²) < 4.78 is 0. The molecule has 1 fully saturated rings. The monoisotopic (exact) mass is 469 g/mol. The zero-order chi connectivity index (χ0) is 23.8. The molecule has 0 aromatic heterocycles. The van der Waals surface area contributed by atoms with E-state index in [1.165, 1.54) is 5.56 Å². The van der Waals surface area contributed by atoms with Gasteiger partial charge in [-0.3, -0.25) is 9.59 Å². The van der Waals surface area contributed by atoms with E-state index in [2.05, 4.69) is 17.4 Å². The second kappa shape index (κ2) is 11.4. The highest BCUT2D eigenvalue weighted by atomic mass is 32.2. The number of thioether (sulfide) groups is 1. The molecule has 2 aromatic carbocycles. The SMILES string of the molecule is CC(SC(CCc1ccccc1)C(=O)O)C(=O)NC1(C(=O)O)CCC(c2ccccc2)CC1. The van der Waals surface area contributed by atoms with Gasteiger partial charge in [-0.05, 0) is 62.5 Å². The Balaban J connectivity index is 1.58. The van der Waals surface area contributed by atoms with Gasteiger partial charge in [-0.25, -0.2) is 4.79 Å². The van der Waals surface area contributed by atoms with Crippen molar-refractivity contribution in [2.45, 2.75) is 67.4 Å². The maximum atomic E-state index is 12.9. The summed E-state index contributed by atoms with van der Waals surface area (Å²) in [4.78, 5) is 36.8.